The van der Waals surface area contributed by atoms with Crippen LogP contribution in [-0.4, -0.2) is 17.4 Å². The van der Waals surface area contributed by atoms with E-state index in [1.807, 2.05) is 6.07 Å². The lowest BCUT2D eigenvalue weighted by Gasteiger charge is -2.05. The Labute approximate surface area is 93.1 Å². The van der Waals surface area contributed by atoms with Crippen LogP contribution in [0.3, 0.4) is 0 Å². The molecule has 4 heteroatoms. The van der Waals surface area contributed by atoms with Gasteiger partial charge in [0.2, 0.25) is 0 Å². The number of nitrogens with zero attached hydrogens (tertiary/aromatic N) is 1. The van der Waals surface area contributed by atoms with Crippen LogP contribution >= 0.6 is 0 Å². The minimum Gasteiger partial charge on any atom is -0.478 e. The molecule has 0 aliphatic carbocycles. The minimum atomic E-state index is -1.12. The molecule has 16 heavy (non-hydrogen) atoms. The van der Waals surface area contributed by atoms with Gasteiger partial charge in [0.05, 0.1) is 11.1 Å². The zero-order valence-electron chi connectivity index (χ0n) is 8.80. The Morgan fingerprint density at radius 2 is 2.31 bits per heavy atom. The Kier molecular flexibility index (Phi) is 3.78. The van der Waals surface area contributed by atoms with Crippen molar-refractivity contribution in [1.29, 1.82) is 5.26 Å². The highest BCUT2D eigenvalue weighted by atomic mass is 16.4. The zero-order chi connectivity index (χ0) is 12.1. The van der Waals surface area contributed by atoms with E-state index in [9.17, 15) is 9.59 Å². The van der Waals surface area contributed by atoms with E-state index in [-0.39, 0.29) is 17.0 Å². The molecule has 1 aromatic rings. The van der Waals surface area contributed by atoms with Gasteiger partial charge in [-0.15, -0.1) is 0 Å². The van der Waals surface area contributed by atoms with Crippen LogP contribution in [-0.2, 0) is 11.2 Å². The number of nitriles is 1. The van der Waals surface area contributed by atoms with Gasteiger partial charge in [-0.25, -0.2) is 4.79 Å². The quantitative estimate of drug-likeness (QED) is 0.777. The smallest absolute Gasteiger partial charge is 0.337 e. The van der Waals surface area contributed by atoms with E-state index in [0.717, 1.165) is 11.8 Å². The highest BCUT2D eigenvalue weighted by Gasteiger charge is 2.11. The van der Waals surface area contributed by atoms with E-state index in [2.05, 4.69) is 0 Å². The molecule has 0 aliphatic heterocycles. The van der Waals surface area contributed by atoms with Crippen molar-refractivity contribution in [1.82, 2.24) is 0 Å². The number of benzene rings is 1. The van der Waals surface area contributed by atoms with Gasteiger partial charge in [-0.1, -0.05) is 13.0 Å². The van der Waals surface area contributed by atoms with Crippen molar-refractivity contribution in [3.05, 3.63) is 34.9 Å². The third-order valence-corrected chi connectivity index (χ3v) is 2.22. The molecule has 0 amide bonds. The van der Waals surface area contributed by atoms with Crippen LogP contribution in [0.2, 0.25) is 0 Å². The zero-order valence-corrected chi connectivity index (χ0v) is 8.80. The predicted octanol–water partition coefficient (Wildman–Crippen LogP) is 1.63. The summed E-state index contributed by atoms with van der Waals surface area (Å²) in [5.41, 5.74) is 0.911. The Hall–Kier alpha value is -2.15. The third kappa shape index (κ3) is 2.67. The second-order valence-electron chi connectivity index (χ2n) is 3.61. The van der Waals surface area contributed by atoms with Crippen LogP contribution in [0.25, 0.3) is 0 Å². The highest BCUT2D eigenvalue weighted by molar-refractivity contribution is 5.90. The standard InChI is InChI=1S/C12H11NO3/c1-8(7-14)4-9-2-3-11(12(15)16)10(5-9)6-13/h2-3,5,7-8H,4H2,1H3,(H,15,16). The number of aldehydes is 1. The number of hydrogen-bond acceptors (Lipinski definition) is 3. The SMILES string of the molecule is CC(C=O)Cc1ccc(C(=O)O)c(C#N)c1. The first-order chi connectivity index (χ1) is 7.58. The van der Waals surface area contributed by atoms with E-state index in [0.29, 0.717) is 6.42 Å². The maximum Gasteiger partial charge on any atom is 0.337 e. The predicted molar refractivity (Wildman–Crippen MR) is 57.0 cm³/mol. The van der Waals surface area contributed by atoms with Gasteiger partial charge in [0.25, 0.3) is 0 Å². The largest absolute Gasteiger partial charge is 0.478 e. The van der Waals surface area contributed by atoms with Gasteiger partial charge in [0.1, 0.15) is 12.4 Å². The Morgan fingerprint density at radius 1 is 1.62 bits per heavy atom. The molecule has 4 nitrogen and oxygen atoms in total. The molecule has 0 aliphatic rings. The van der Waals surface area contributed by atoms with E-state index in [4.69, 9.17) is 10.4 Å². The molecule has 0 aromatic heterocycles. The number of carboxylic acid groups (broad SMARTS) is 1. The fraction of sp³-hybridized carbons (Fsp3) is 0.250. The fourth-order valence-electron chi connectivity index (χ4n) is 1.42. The Balaban J connectivity index is 3.05. The summed E-state index contributed by atoms with van der Waals surface area (Å²) in [5, 5.41) is 17.6. The lowest BCUT2D eigenvalue weighted by atomic mass is 9.98. The van der Waals surface area contributed by atoms with Gasteiger partial charge >= 0.3 is 5.97 Å². The van der Waals surface area contributed by atoms with Crippen LogP contribution in [0.1, 0.15) is 28.4 Å². The number of carbonyl (C=O) groups excluding carboxylic acids is 1. The summed E-state index contributed by atoms with van der Waals surface area (Å²) in [5.74, 6) is -1.26. The normalized spacial score (nSPS) is 11.5. The summed E-state index contributed by atoms with van der Waals surface area (Å²) in [6.45, 7) is 1.77. The summed E-state index contributed by atoms with van der Waals surface area (Å²) in [6, 6.07) is 6.38. The first-order valence-electron chi connectivity index (χ1n) is 4.80. The van der Waals surface area contributed by atoms with Crippen molar-refractivity contribution >= 4 is 12.3 Å². The molecular formula is C12H11NO3. The summed E-state index contributed by atoms with van der Waals surface area (Å²) < 4.78 is 0. The van der Waals surface area contributed by atoms with Gasteiger partial charge < -0.3 is 9.90 Å². The van der Waals surface area contributed by atoms with Gasteiger partial charge in [0.15, 0.2) is 0 Å². The van der Waals surface area contributed by atoms with Crippen molar-refractivity contribution in [2.75, 3.05) is 0 Å². The van der Waals surface area contributed by atoms with Crippen LogP contribution in [0.15, 0.2) is 18.2 Å². The van der Waals surface area contributed by atoms with Gasteiger partial charge in [0, 0.05) is 5.92 Å². The molecule has 0 fully saturated rings. The maximum atomic E-state index is 10.8. The van der Waals surface area contributed by atoms with Crippen LogP contribution in [0.4, 0.5) is 0 Å². The average Bonchev–Trinajstić information content (AvgIpc) is 2.28. The highest BCUT2D eigenvalue weighted by Crippen LogP contribution is 2.14. The molecule has 0 heterocycles. The van der Waals surface area contributed by atoms with Crippen LogP contribution in [0, 0.1) is 17.2 Å². The number of aromatic carboxylic acids is 1. The molecule has 0 bridgehead atoms. The third-order valence-electron chi connectivity index (χ3n) is 2.22. The van der Waals surface area contributed by atoms with Gasteiger partial charge in [-0.05, 0) is 24.1 Å². The molecule has 1 aromatic carbocycles. The minimum absolute atomic E-state index is 0.00925. The Bertz CT molecular complexity index is 460. The molecular weight excluding hydrogens is 206 g/mol. The summed E-state index contributed by atoms with van der Waals surface area (Å²) in [6.07, 6.45) is 1.34. The lowest BCUT2D eigenvalue weighted by molar-refractivity contribution is -0.110. The molecule has 1 rings (SSSR count). The second kappa shape index (κ2) is 5.08. The molecule has 82 valence electrons. The molecule has 0 spiro atoms. The molecule has 0 saturated heterocycles. The van der Waals surface area contributed by atoms with E-state index < -0.39 is 5.97 Å². The summed E-state index contributed by atoms with van der Waals surface area (Å²) >= 11 is 0. The molecule has 0 radical (unpaired) electrons. The van der Waals surface area contributed by atoms with Crippen molar-refractivity contribution in [2.45, 2.75) is 13.3 Å². The molecule has 1 unspecified atom stereocenters. The van der Waals surface area contributed by atoms with Gasteiger partial charge in [-0.2, -0.15) is 5.26 Å². The van der Waals surface area contributed by atoms with E-state index in [1.54, 1.807) is 13.0 Å². The Morgan fingerprint density at radius 3 is 2.81 bits per heavy atom. The lowest BCUT2D eigenvalue weighted by Crippen LogP contribution is -2.04. The van der Waals surface area contributed by atoms with Crippen molar-refractivity contribution in [2.24, 2.45) is 5.92 Å². The first-order valence-corrected chi connectivity index (χ1v) is 4.80. The molecule has 0 saturated carbocycles. The molecule has 1 atom stereocenters. The number of carbonyl (C=O) groups is 2. The van der Waals surface area contributed by atoms with E-state index in [1.165, 1.54) is 12.1 Å². The fourth-order valence-corrected chi connectivity index (χ4v) is 1.42. The second-order valence-corrected chi connectivity index (χ2v) is 3.61. The van der Waals surface area contributed by atoms with Gasteiger partial charge in [-0.3, -0.25) is 0 Å². The van der Waals surface area contributed by atoms with Crippen molar-refractivity contribution < 1.29 is 14.7 Å². The summed E-state index contributed by atoms with van der Waals surface area (Å²) in [7, 11) is 0. The van der Waals surface area contributed by atoms with Crippen molar-refractivity contribution in [3.8, 4) is 6.07 Å². The van der Waals surface area contributed by atoms with Crippen LogP contribution < -0.4 is 0 Å². The number of hydrogen-bond donors (Lipinski definition) is 1. The number of carboxylic acids is 1. The summed E-state index contributed by atoms with van der Waals surface area (Å²) in [4.78, 5) is 21.2. The molecule has 1 N–H and O–H groups in total. The van der Waals surface area contributed by atoms with E-state index >= 15 is 0 Å². The number of rotatable bonds is 4. The maximum absolute atomic E-state index is 10.8. The van der Waals surface area contributed by atoms with Crippen molar-refractivity contribution in [3.63, 3.8) is 0 Å². The van der Waals surface area contributed by atoms with Crippen LogP contribution in [0.5, 0.6) is 0 Å². The average molecular weight is 217 g/mol. The topological polar surface area (TPSA) is 78.2 Å². The monoisotopic (exact) mass is 217 g/mol. The first kappa shape index (κ1) is 11.9.